The number of hydrogen-bond acceptors (Lipinski definition) is 6. The van der Waals surface area contributed by atoms with Gasteiger partial charge in [0, 0.05) is 17.5 Å². The minimum absolute atomic E-state index is 0.00202. The Hall–Kier alpha value is -1.41. The summed E-state index contributed by atoms with van der Waals surface area (Å²) in [5.41, 5.74) is 0.581. The maximum Gasteiger partial charge on any atom is 0.326 e. The zero-order chi connectivity index (χ0) is 15.3. The van der Waals surface area contributed by atoms with Gasteiger partial charge in [0.25, 0.3) is 0 Å². The van der Waals surface area contributed by atoms with Crippen LogP contribution in [-0.4, -0.2) is 47.0 Å². The number of carbonyl (C=O) groups is 1. The van der Waals surface area contributed by atoms with Gasteiger partial charge in [-0.2, -0.15) is 0 Å². The molecule has 1 rings (SSSR count). The molecule has 0 aromatic carbocycles. The molecule has 1 aromatic rings. The number of carboxylic acids is 1. The number of aryl methyl sites for hydroxylation is 1. The molecule has 0 aliphatic rings. The first-order valence-electron chi connectivity index (χ1n) is 5.94. The molecule has 7 nitrogen and oxygen atoms in total. The van der Waals surface area contributed by atoms with Crippen molar-refractivity contribution in [2.45, 2.75) is 26.3 Å². The molecular formula is C11H16ClN3O4S. The van der Waals surface area contributed by atoms with Crippen molar-refractivity contribution in [3.8, 4) is 0 Å². The number of rotatable bonds is 7. The number of aliphatic carboxylic acids is 1. The van der Waals surface area contributed by atoms with E-state index in [9.17, 15) is 13.2 Å². The van der Waals surface area contributed by atoms with Crippen LogP contribution in [0.4, 0.5) is 5.82 Å². The summed E-state index contributed by atoms with van der Waals surface area (Å²) in [6.07, 6.45) is -0.0494. The van der Waals surface area contributed by atoms with Gasteiger partial charge in [-0.3, -0.25) is 0 Å². The van der Waals surface area contributed by atoms with Crippen molar-refractivity contribution in [3.63, 3.8) is 0 Å². The highest BCUT2D eigenvalue weighted by Crippen LogP contribution is 2.12. The first-order chi connectivity index (χ1) is 9.23. The van der Waals surface area contributed by atoms with Crippen LogP contribution in [0.15, 0.2) is 6.07 Å². The molecule has 0 aliphatic heterocycles. The lowest BCUT2D eigenvalue weighted by molar-refractivity contribution is -0.137. The Morgan fingerprint density at radius 1 is 1.50 bits per heavy atom. The van der Waals surface area contributed by atoms with Crippen molar-refractivity contribution in [3.05, 3.63) is 17.0 Å². The van der Waals surface area contributed by atoms with E-state index >= 15 is 0 Å². The number of nitrogens with one attached hydrogen (secondary N) is 1. The molecule has 0 bridgehead atoms. The zero-order valence-electron chi connectivity index (χ0n) is 11.1. The third-order valence-electron chi connectivity index (χ3n) is 2.60. The number of hydrogen-bond donors (Lipinski definition) is 2. The highest BCUT2D eigenvalue weighted by atomic mass is 35.5. The van der Waals surface area contributed by atoms with E-state index in [2.05, 4.69) is 15.3 Å². The van der Waals surface area contributed by atoms with Crippen LogP contribution in [-0.2, 0) is 14.6 Å². The van der Waals surface area contributed by atoms with Gasteiger partial charge in [0.2, 0.25) is 5.28 Å². The van der Waals surface area contributed by atoms with Crippen molar-refractivity contribution in [2.75, 3.05) is 16.8 Å². The number of sulfone groups is 1. The maximum absolute atomic E-state index is 11.4. The maximum atomic E-state index is 11.4. The van der Waals surface area contributed by atoms with Crippen LogP contribution in [0.2, 0.25) is 5.28 Å². The molecule has 20 heavy (non-hydrogen) atoms. The van der Waals surface area contributed by atoms with Gasteiger partial charge in [-0.15, -0.1) is 0 Å². The van der Waals surface area contributed by atoms with Gasteiger partial charge < -0.3 is 10.4 Å². The molecule has 0 saturated carbocycles. The average Bonchev–Trinajstić information content (AvgIpc) is 2.33. The monoisotopic (exact) mass is 321 g/mol. The summed E-state index contributed by atoms with van der Waals surface area (Å²) in [7, 11) is -3.22. The van der Waals surface area contributed by atoms with E-state index < -0.39 is 21.8 Å². The van der Waals surface area contributed by atoms with E-state index in [4.69, 9.17) is 16.7 Å². The molecule has 2 N–H and O–H groups in total. The van der Waals surface area contributed by atoms with Crippen LogP contribution in [0, 0.1) is 6.92 Å². The Labute approximate surface area is 122 Å². The Morgan fingerprint density at radius 2 is 2.15 bits per heavy atom. The molecule has 0 amide bonds. The van der Waals surface area contributed by atoms with Crippen LogP contribution >= 0.6 is 11.6 Å². The largest absolute Gasteiger partial charge is 0.480 e. The molecule has 0 radical (unpaired) electrons. The van der Waals surface area contributed by atoms with E-state index in [1.807, 2.05) is 0 Å². The molecule has 1 unspecified atom stereocenters. The van der Waals surface area contributed by atoms with Gasteiger partial charge in [0.05, 0.1) is 5.75 Å². The summed E-state index contributed by atoms with van der Waals surface area (Å²) in [5.74, 6) is -1.12. The quantitative estimate of drug-likeness (QED) is 0.724. The molecule has 9 heteroatoms. The van der Waals surface area contributed by atoms with Crippen LogP contribution in [0.5, 0.6) is 0 Å². The average molecular weight is 322 g/mol. The highest BCUT2D eigenvalue weighted by molar-refractivity contribution is 7.91. The van der Waals surface area contributed by atoms with Crippen molar-refractivity contribution >= 4 is 33.2 Å². The number of carboxylic acid groups (broad SMARTS) is 1. The van der Waals surface area contributed by atoms with Crippen molar-refractivity contribution in [1.82, 2.24) is 9.97 Å². The normalized spacial score (nSPS) is 12.9. The third-order valence-corrected chi connectivity index (χ3v) is 4.51. The van der Waals surface area contributed by atoms with Gasteiger partial charge in [0.1, 0.15) is 21.7 Å². The molecule has 1 heterocycles. The number of halogens is 1. The summed E-state index contributed by atoms with van der Waals surface area (Å²) in [6, 6.07) is 0.484. The molecule has 0 saturated heterocycles. The molecule has 112 valence electrons. The number of nitrogens with zero attached hydrogens (tertiary/aromatic N) is 2. The van der Waals surface area contributed by atoms with Crippen LogP contribution in [0.1, 0.15) is 19.0 Å². The lowest BCUT2D eigenvalue weighted by atomic mass is 10.2. The molecule has 1 atom stereocenters. The Balaban J connectivity index is 2.80. The van der Waals surface area contributed by atoms with Gasteiger partial charge >= 0.3 is 5.97 Å². The standard InChI is InChI=1S/C11H16ClN3O4S/c1-3-20(18,19)5-4-8(10(16)17)14-9-6-7(2)13-11(12)15-9/h6,8H,3-5H2,1-2H3,(H,16,17)(H,13,14,15). The molecule has 0 aliphatic carbocycles. The summed E-state index contributed by atoms with van der Waals surface area (Å²) in [4.78, 5) is 18.9. The lowest BCUT2D eigenvalue weighted by Crippen LogP contribution is -2.32. The van der Waals surface area contributed by atoms with E-state index in [1.165, 1.54) is 13.0 Å². The number of anilines is 1. The van der Waals surface area contributed by atoms with Crippen molar-refractivity contribution in [1.29, 1.82) is 0 Å². The predicted molar refractivity (Wildman–Crippen MR) is 75.8 cm³/mol. The fourth-order valence-corrected chi connectivity index (χ4v) is 2.59. The van der Waals surface area contributed by atoms with E-state index in [0.29, 0.717) is 5.69 Å². The van der Waals surface area contributed by atoms with E-state index in [-0.39, 0.29) is 29.0 Å². The Kier molecular flexibility index (Phi) is 5.70. The summed E-state index contributed by atoms with van der Waals surface area (Å²) >= 11 is 5.68. The Morgan fingerprint density at radius 3 is 2.65 bits per heavy atom. The van der Waals surface area contributed by atoms with Crippen molar-refractivity contribution < 1.29 is 18.3 Å². The van der Waals surface area contributed by atoms with E-state index in [1.54, 1.807) is 6.92 Å². The second-order valence-electron chi connectivity index (χ2n) is 4.22. The summed E-state index contributed by atoms with van der Waals surface area (Å²) < 4.78 is 22.8. The summed E-state index contributed by atoms with van der Waals surface area (Å²) in [5, 5.41) is 11.8. The molecule has 1 aromatic heterocycles. The lowest BCUT2D eigenvalue weighted by Gasteiger charge is -2.15. The van der Waals surface area contributed by atoms with E-state index in [0.717, 1.165) is 0 Å². The fraction of sp³-hybridized carbons (Fsp3) is 0.545. The smallest absolute Gasteiger partial charge is 0.326 e. The SMILES string of the molecule is CCS(=O)(=O)CCC(Nc1cc(C)nc(Cl)n1)C(=O)O. The van der Waals surface area contributed by atoms with Crippen LogP contribution in [0.3, 0.4) is 0 Å². The molecule has 0 spiro atoms. The number of aromatic nitrogens is 2. The summed E-state index contributed by atoms with van der Waals surface area (Å²) in [6.45, 7) is 3.21. The second-order valence-corrected chi connectivity index (χ2v) is 7.03. The van der Waals surface area contributed by atoms with Crippen LogP contribution < -0.4 is 5.32 Å². The zero-order valence-corrected chi connectivity index (χ0v) is 12.7. The first-order valence-corrected chi connectivity index (χ1v) is 8.14. The van der Waals surface area contributed by atoms with Crippen molar-refractivity contribution in [2.24, 2.45) is 0 Å². The highest BCUT2D eigenvalue weighted by Gasteiger charge is 2.21. The van der Waals surface area contributed by atoms with Crippen LogP contribution in [0.25, 0.3) is 0 Å². The fourth-order valence-electron chi connectivity index (χ4n) is 1.48. The Bertz CT molecular complexity index is 571. The van der Waals surface area contributed by atoms with Gasteiger partial charge in [-0.05, 0) is 24.9 Å². The van der Waals surface area contributed by atoms with Gasteiger partial charge in [-0.1, -0.05) is 6.92 Å². The minimum Gasteiger partial charge on any atom is -0.480 e. The predicted octanol–water partition coefficient (Wildman–Crippen LogP) is 1.13. The topological polar surface area (TPSA) is 109 Å². The minimum atomic E-state index is -3.22. The van der Waals surface area contributed by atoms with Gasteiger partial charge in [-0.25, -0.2) is 23.2 Å². The second kappa shape index (κ2) is 6.85. The molecule has 0 fully saturated rings. The first kappa shape index (κ1) is 16.6. The molecular weight excluding hydrogens is 306 g/mol. The van der Waals surface area contributed by atoms with Gasteiger partial charge in [0.15, 0.2) is 0 Å². The third kappa shape index (κ3) is 5.30.